The summed E-state index contributed by atoms with van der Waals surface area (Å²) in [6, 6.07) is 2.54. The summed E-state index contributed by atoms with van der Waals surface area (Å²) in [5, 5.41) is 19.3. The number of nitrogens with zero attached hydrogens (tertiary/aromatic N) is 3. The largest absolute Gasteiger partial charge is 0.465 e. The first-order valence-corrected chi connectivity index (χ1v) is 12.4. The molecule has 3 fully saturated rings. The number of carboxylic acid groups (broad SMARTS) is 1. The number of anilines is 1. The van der Waals surface area contributed by atoms with Crippen LogP contribution in [0.25, 0.3) is 0 Å². The van der Waals surface area contributed by atoms with Gasteiger partial charge in [0, 0.05) is 25.2 Å². The number of nitriles is 1. The number of likely N-dealkylation sites (tertiary alicyclic amines) is 1. The van der Waals surface area contributed by atoms with Crippen molar-refractivity contribution in [3.63, 3.8) is 0 Å². The summed E-state index contributed by atoms with van der Waals surface area (Å²) in [5.41, 5.74) is -2.95. The van der Waals surface area contributed by atoms with E-state index in [1.807, 2.05) is 6.07 Å². The lowest BCUT2D eigenvalue weighted by Crippen LogP contribution is -2.49. The summed E-state index contributed by atoms with van der Waals surface area (Å²) in [5.74, 6) is -4.00. The zero-order chi connectivity index (χ0) is 26.7. The number of sulfone groups is 1. The summed E-state index contributed by atoms with van der Waals surface area (Å²) >= 11 is 0. The highest BCUT2D eigenvalue weighted by Crippen LogP contribution is 2.41. The van der Waals surface area contributed by atoms with Crippen LogP contribution >= 0.6 is 0 Å². The number of hydrogen-bond donors (Lipinski definition) is 2. The van der Waals surface area contributed by atoms with E-state index in [1.54, 1.807) is 0 Å². The van der Waals surface area contributed by atoms with E-state index in [0.717, 1.165) is 11.0 Å². The lowest BCUT2D eigenvalue weighted by molar-refractivity contribution is -0.139. The molecule has 0 radical (unpaired) electrons. The minimum atomic E-state index is -5.16. The van der Waals surface area contributed by atoms with Crippen LogP contribution in [0.4, 0.5) is 32.4 Å². The Bertz CT molecular complexity index is 1240. The third kappa shape index (κ3) is 4.78. The molecule has 2 aliphatic heterocycles. The monoisotopic (exact) mass is 536 g/mol. The molecule has 1 aromatic carbocycles. The summed E-state index contributed by atoms with van der Waals surface area (Å²) in [6.45, 7) is -1.78. The highest BCUT2D eigenvalue weighted by Gasteiger charge is 2.51. The first-order chi connectivity index (χ1) is 16.6. The fourth-order valence-corrected chi connectivity index (χ4v) is 6.40. The van der Waals surface area contributed by atoms with Gasteiger partial charge < -0.3 is 15.3 Å². The van der Waals surface area contributed by atoms with Crippen molar-refractivity contribution in [2.45, 2.75) is 59.5 Å². The molecule has 2 heterocycles. The normalized spacial score (nSPS) is 24.9. The van der Waals surface area contributed by atoms with Gasteiger partial charge in [0.1, 0.15) is 11.6 Å². The van der Waals surface area contributed by atoms with Crippen LogP contribution in [0.3, 0.4) is 0 Å². The minimum absolute atomic E-state index is 0.215. The second-order valence-electron chi connectivity index (χ2n) is 9.24. The van der Waals surface area contributed by atoms with Gasteiger partial charge in [-0.1, -0.05) is 0 Å². The van der Waals surface area contributed by atoms with Gasteiger partial charge in [0.25, 0.3) is 5.92 Å². The van der Waals surface area contributed by atoms with Crippen LogP contribution in [-0.2, 0) is 20.8 Å². The first-order valence-electron chi connectivity index (χ1n) is 10.9. The molecular weight excluding hydrogens is 515 g/mol. The van der Waals surface area contributed by atoms with Crippen LogP contribution in [-0.4, -0.2) is 72.8 Å². The number of carbonyl (C=O) groups is 2. The van der Waals surface area contributed by atoms with Gasteiger partial charge in [0.15, 0.2) is 9.84 Å². The molecule has 2 saturated heterocycles. The van der Waals surface area contributed by atoms with Crippen molar-refractivity contribution in [3.05, 3.63) is 23.8 Å². The highest BCUT2D eigenvalue weighted by atomic mass is 32.2. The van der Waals surface area contributed by atoms with E-state index in [1.165, 1.54) is 0 Å². The minimum Gasteiger partial charge on any atom is -0.465 e. The lowest BCUT2D eigenvalue weighted by atomic mass is 10.1. The van der Waals surface area contributed by atoms with Crippen LogP contribution in [0, 0.1) is 11.3 Å². The van der Waals surface area contributed by atoms with E-state index in [2.05, 4.69) is 5.32 Å². The van der Waals surface area contributed by atoms with E-state index in [-0.39, 0.29) is 12.2 Å². The van der Waals surface area contributed by atoms with Crippen molar-refractivity contribution < 1.29 is 45.1 Å². The zero-order valence-electron chi connectivity index (χ0n) is 18.6. The number of halogens is 5. The Balaban J connectivity index is 1.65. The van der Waals surface area contributed by atoms with Gasteiger partial charge in [0.2, 0.25) is 5.91 Å². The van der Waals surface area contributed by atoms with Gasteiger partial charge in [-0.25, -0.2) is 22.0 Å². The van der Waals surface area contributed by atoms with E-state index in [4.69, 9.17) is 5.26 Å². The molecule has 1 aromatic rings. The average molecular weight is 536 g/mol. The molecule has 2 N–H and O–H groups in total. The maximum Gasteiger partial charge on any atom is 0.417 e. The highest BCUT2D eigenvalue weighted by molar-refractivity contribution is 7.92. The smallest absolute Gasteiger partial charge is 0.417 e. The Kier molecular flexibility index (Phi) is 6.09. The third-order valence-corrected chi connectivity index (χ3v) is 8.87. The van der Waals surface area contributed by atoms with Crippen molar-refractivity contribution >= 4 is 27.5 Å². The molecular formula is C21H21F5N4O5S. The zero-order valence-corrected chi connectivity index (χ0v) is 19.4. The fraction of sp³-hybridized carbons (Fsp3) is 0.571. The molecule has 2 amide bonds. The van der Waals surface area contributed by atoms with Gasteiger partial charge in [-0.3, -0.25) is 9.69 Å². The molecule has 15 heteroatoms. The molecule has 0 bridgehead atoms. The Hall–Kier alpha value is -3.15. The number of alkyl halides is 5. The second-order valence-corrected chi connectivity index (χ2v) is 11.4. The predicted octanol–water partition coefficient (Wildman–Crippen LogP) is 2.62. The van der Waals surface area contributed by atoms with Gasteiger partial charge in [-0.2, -0.15) is 18.4 Å². The quantitative estimate of drug-likeness (QED) is 0.554. The van der Waals surface area contributed by atoms with Gasteiger partial charge in [-0.15, -0.1) is 0 Å². The van der Waals surface area contributed by atoms with Crippen molar-refractivity contribution in [1.82, 2.24) is 10.2 Å². The molecule has 0 unspecified atom stereocenters. The van der Waals surface area contributed by atoms with Crippen molar-refractivity contribution in [3.8, 4) is 6.07 Å². The second kappa shape index (κ2) is 8.46. The number of hydrogen-bond acceptors (Lipinski definition) is 6. The molecule has 3 aliphatic rings. The molecule has 1 saturated carbocycles. The van der Waals surface area contributed by atoms with E-state index < -0.39 is 87.2 Å². The SMILES string of the molecule is N#CC1(NC(=O)[C@@H]2C[C@@H](S(=O)(=O)c3ccc(N4CCC(F)(F)C4)cc3C(F)(F)F)CN2C(=O)O)CC1. The molecule has 196 valence electrons. The molecule has 0 aromatic heterocycles. The summed E-state index contributed by atoms with van der Waals surface area (Å²) < 4.78 is 95.4. The van der Waals surface area contributed by atoms with Crippen LogP contribution < -0.4 is 10.2 Å². The standard InChI is InChI=1S/C21H21F5N4O5S/c22-20(23)5-6-29(11-20)12-1-2-16(14(7-12)21(24,25)26)36(34,35)13-8-15(30(9-13)18(32)33)17(31)28-19(10-27)3-4-19/h1-2,7,13,15H,3-6,8-9,11H2,(H,28,31)(H,32,33)/t13-,15+/m1/s1. The average Bonchev–Trinajstić information content (AvgIpc) is 3.23. The van der Waals surface area contributed by atoms with Crippen molar-refractivity contribution in [1.29, 1.82) is 5.26 Å². The molecule has 2 atom stereocenters. The lowest BCUT2D eigenvalue weighted by Gasteiger charge is -2.22. The Morgan fingerprint density at radius 1 is 1.19 bits per heavy atom. The maximum absolute atomic E-state index is 13.9. The number of nitrogens with one attached hydrogen (secondary N) is 1. The van der Waals surface area contributed by atoms with Gasteiger partial charge >= 0.3 is 12.3 Å². The third-order valence-electron chi connectivity index (χ3n) is 6.69. The number of amides is 2. The molecule has 4 rings (SSSR count). The maximum atomic E-state index is 13.9. The topological polar surface area (TPSA) is 131 Å². The van der Waals surface area contributed by atoms with Crippen molar-refractivity contribution in [2.24, 2.45) is 0 Å². The van der Waals surface area contributed by atoms with Crippen LogP contribution in [0.5, 0.6) is 0 Å². The van der Waals surface area contributed by atoms with Crippen LogP contribution in [0.15, 0.2) is 23.1 Å². The summed E-state index contributed by atoms with van der Waals surface area (Å²) in [4.78, 5) is 24.8. The molecule has 36 heavy (non-hydrogen) atoms. The van der Waals surface area contributed by atoms with Gasteiger partial charge in [0.05, 0.1) is 28.3 Å². The van der Waals surface area contributed by atoms with E-state index in [9.17, 15) is 45.1 Å². The van der Waals surface area contributed by atoms with E-state index >= 15 is 0 Å². The van der Waals surface area contributed by atoms with Gasteiger partial charge in [-0.05, 0) is 37.5 Å². The first kappa shape index (κ1) is 25.9. The van der Waals surface area contributed by atoms with E-state index in [0.29, 0.717) is 29.9 Å². The van der Waals surface area contributed by atoms with Crippen LogP contribution in [0.2, 0.25) is 0 Å². The predicted molar refractivity (Wildman–Crippen MR) is 113 cm³/mol. The molecule has 9 nitrogen and oxygen atoms in total. The number of carbonyl (C=O) groups excluding carboxylic acids is 1. The number of benzene rings is 1. The Labute approximate surface area is 202 Å². The van der Waals surface area contributed by atoms with Crippen molar-refractivity contribution in [2.75, 3.05) is 24.5 Å². The van der Waals surface area contributed by atoms with Crippen LogP contribution in [0.1, 0.15) is 31.2 Å². The fourth-order valence-electron chi connectivity index (χ4n) is 4.51. The Morgan fingerprint density at radius 3 is 2.36 bits per heavy atom. The summed E-state index contributed by atoms with van der Waals surface area (Å²) in [7, 11) is -4.82. The number of rotatable bonds is 5. The Morgan fingerprint density at radius 2 is 1.86 bits per heavy atom. The molecule has 1 aliphatic carbocycles. The molecule has 0 spiro atoms. The summed E-state index contributed by atoms with van der Waals surface area (Å²) in [6.07, 6.45) is -7.30.